The highest BCUT2D eigenvalue weighted by atomic mass is 32.2. The maximum Gasteiger partial charge on any atom is 0.236 e. The Morgan fingerprint density at radius 1 is 1.41 bits per heavy atom. The van der Waals surface area contributed by atoms with Crippen LogP contribution in [0.2, 0.25) is 0 Å². The van der Waals surface area contributed by atoms with E-state index < -0.39 is 0 Å². The van der Waals surface area contributed by atoms with Gasteiger partial charge in [-0.15, -0.1) is 0 Å². The number of hydrogen-bond donors (Lipinski definition) is 0. The summed E-state index contributed by atoms with van der Waals surface area (Å²) < 4.78 is 5.11. The molecular formula is C12H20N2O2S. The predicted octanol–water partition coefficient (Wildman–Crippen LogP) is 3.04. The van der Waals surface area contributed by atoms with E-state index in [1.165, 1.54) is 0 Å². The summed E-state index contributed by atoms with van der Waals surface area (Å²) >= 11 is 1.78. The van der Waals surface area contributed by atoms with Crippen molar-refractivity contribution in [2.75, 3.05) is 5.75 Å². The lowest BCUT2D eigenvalue weighted by molar-refractivity contribution is -0.120. The SMILES string of the molecule is CCC(=O)C(C)c1nc(CSCC(C)C)no1. The molecule has 0 aliphatic rings. The van der Waals surface area contributed by atoms with E-state index in [1.807, 2.05) is 13.8 Å². The van der Waals surface area contributed by atoms with Crippen molar-refractivity contribution >= 4 is 17.5 Å². The smallest absolute Gasteiger partial charge is 0.236 e. The quantitative estimate of drug-likeness (QED) is 0.750. The van der Waals surface area contributed by atoms with Crippen molar-refractivity contribution in [1.82, 2.24) is 10.1 Å². The standard InChI is InChI=1S/C12H20N2O2S/c1-5-10(15)9(4)12-13-11(14-16-12)7-17-6-8(2)3/h8-9H,5-7H2,1-4H3. The van der Waals surface area contributed by atoms with Crippen LogP contribution in [0, 0.1) is 5.92 Å². The van der Waals surface area contributed by atoms with Gasteiger partial charge in [-0.05, 0) is 18.6 Å². The van der Waals surface area contributed by atoms with Crippen LogP contribution in [-0.2, 0) is 10.5 Å². The normalized spacial score (nSPS) is 13.0. The number of carbonyl (C=O) groups is 1. The minimum atomic E-state index is -0.281. The van der Waals surface area contributed by atoms with E-state index in [0.717, 1.165) is 11.5 Å². The molecule has 0 saturated carbocycles. The summed E-state index contributed by atoms with van der Waals surface area (Å²) in [5.74, 6) is 3.46. The fourth-order valence-corrected chi connectivity index (χ4v) is 2.22. The van der Waals surface area contributed by atoms with Crippen LogP contribution in [-0.4, -0.2) is 21.7 Å². The van der Waals surface area contributed by atoms with Crippen LogP contribution >= 0.6 is 11.8 Å². The van der Waals surface area contributed by atoms with Gasteiger partial charge < -0.3 is 4.52 Å². The highest BCUT2D eigenvalue weighted by Crippen LogP contribution is 2.18. The largest absolute Gasteiger partial charge is 0.339 e. The minimum absolute atomic E-state index is 0.134. The summed E-state index contributed by atoms with van der Waals surface area (Å²) in [6, 6.07) is 0. The maximum atomic E-state index is 11.5. The first-order chi connectivity index (χ1) is 8.04. The Hall–Kier alpha value is -0.840. The first-order valence-corrected chi connectivity index (χ1v) is 7.13. The molecule has 0 bridgehead atoms. The first kappa shape index (κ1) is 14.2. The van der Waals surface area contributed by atoms with Gasteiger partial charge in [-0.1, -0.05) is 25.9 Å². The second kappa shape index (κ2) is 6.79. The van der Waals surface area contributed by atoms with Crippen LogP contribution in [0.1, 0.15) is 51.7 Å². The van der Waals surface area contributed by atoms with E-state index in [0.29, 0.717) is 24.1 Å². The molecule has 0 aromatic carbocycles. The molecule has 0 N–H and O–H groups in total. The van der Waals surface area contributed by atoms with Crippen LogP contribution in [0.5, 0.6) is 0 Å². The molecule has 5 heteroatoms. The average molecular weight is 256 g/mol. The van der Waals surface area contributed by atoms with E-state index in [1.54, 1.807) is 11.8 Å². The van der Waals surface area contributed by atoms with Crippen LogP contribution in [0.3, 0.4) is 0 Å². The third kappa shape index (κ3) is 4.50. The third-order valence-electron chi connectivity index (χ3n) is 2.37. The van der Waals surface area contributed by atoms with Gasteiger partial charge in [-0.3, -0.25) is 4.79 Å². The highest BCUT2D eigenvalue weighted by Gasteiger charge is 2.20. The number of aromatic nitrogens is 2. The fourth-order valence-electron chi connectivity index (χ4n) is 1.33. The summed E-state index contributed by atoms with van der Waals surface area (Å²) in [5, 5.41) is 3.89. The molecule has 96 valence electrons. The van der Waals surface area contributed by atoms with Gasteiger partial charge in [0.15, 0.2) is 5.82 Å². The average Bonchev–Trinajstić information content (AvgIpc) is 2.75. The van der Waals surface area contributed by atoms with Crippen molar-refractivity contribution in [2.45, 2.75) is 45.8 Å². The van der Waals surface area contributed by atoms with Gasteiger partial charge in [-0.25, -0.2) is 0 Å². The van der Waals surface area contributed by atoms with Gasteiger partial charge in [0.25, 0.3) is 0 Å². The molecule has 1 atom stereocenters. The molecule has 1 heterocycles. The maximum absolute atomic E-state index is 11.5. The zero-order valence-electron chi connectivity index (χ0n) is 10.9. The molecule has 0 aliphatic heterocycles. The zero-order valence-corrected chi connectivity index (χ0v) is 11.7. The van der Waals surface area contributed by atoms with Crippen molar-refractivity contribution in [3.05, 3.63) is 11.7 Å². The van der Waals surface area contributed by atoms with Crippen LogP contribution < -0.4 is 0 Å². The monoisotopic (exact) mass is 256 g/mol. The van der Waals surface area contributed by atoms with Gasteiger partial charge in [-0.2, -0.15) is 16.7 Å². The second-order valence-corrected chi connectivity index (χ2v) is 5.53. The topological polar surface area (TPSA) is 56.0 Å². The highest BCUT2D eigenvalue weighted by molar-refractivity contribution is 7.98. The summed E-state index contributed by atoms with van der Waals surface area (Å²) in [6.45, 7) is 8.01. The summed E-state index contributed by atoms with van der Waals surface area (Å²) in [6.07, 6.45) is 0.501. The van der Waals surface area contributed by atoms with Gasteiger partial charge >= 0.3 is 0 Å². The van der Waals surface area contributed by atoms with E-state index in [9.17, 15) is 4.79 Å². The number of rotatable bonds is 7. The van der Waals surface area contributed by atoms with Crippen molar-refractivity contribution in [1.29, 1.82) is 0 Å². The molecule has 0 spiro atoms. The lowest BCUT2D eigenvalue weighted by Gasteiger charge is -2.02. The molecule has 1 rings (SSSR count). The molecule has 1 aromatic heterocycles. The van der Waals surface area contributed by atoms with Crippen LogP contribution in [0.4, 0.5) is 0 Å². The fraction of sp³-hybridized carbons (Fsp3) is 0.750. The number of hydrogen-bond acceptors (Lipinski definition) is 5. The lowest BCUT2D eigenvalue weighted by atomic mass is 10.1. The Balaban J connectivity index is 2.50. The predicted molar refractivity (Wildman–Crippen MR) is 69.0 cm³/mol. The molecule has 0 aliphatic carbocycles. The van der Waals surface area contributed by atoms with Gasteiger partial charge in [0.05, 0.1) is 11.7 Å². The van der Waals surface area contributed by atoms with E-state index in [2.05, 4.69) is 24.0 Å². The van der Waals surface area contributed by atoms with Crippen molar-refractivity contribution in [2.24, 2.45) is 5.92 Å². The molecule has 4 nitrogen and oxygen atoms in total. The Labute approximate surface area is 107 Å². The van der Waals surface area contributed by atoms with Gasteiger partial charge in [0.2, 0.25) is 5.89 Å². The molecule has 1 aromatic rings. The summed E-state index contributed by atoms with van der Waals surface area (Å²) in [4.78, 5) is 15.7. The number of carbonyl (C=O) groups excluding carboxylic acids is 1. The van der Waals surface area contributed by atoms with Crippen molar-refractivity contribution in [3.63, 3.8) is 0 Å². The summed E-state index contributed by atoms with van der Waals surface area (Å²) in [7, 11) is 0. The lowest BCUT2D eigenvalue weighted by Crippen LogP contribution is -2.07. The molecule has 0 fully saturated rings. The Kier molecular flexibility index (Phi) is 5.68. The molecule has 0 saturated heterocycles. The molecule has 1 unspecified atom stereocenters. The van der Waals surface area contributed by atoms with Gasteiger partial charge in [0.1, 0.15) is 5.78 Å². The number of nitrogens with zero attached hydrogens (tertiary/aromatic N) is 2. The molecule has 17 heavy (non-hydrogen) atoms. The minimum Gasteiger partial charge on any atom is -0.339 e. The third-order valence-corrected chi connectivity index (χ3v) is 3.73. The van der Waals surface area contributed by atoms with Crippen LogP contribution in [0.25, 0.3) is 0 Å². The number of thioether (sulfide) groups is 1. The number of ketones is 1. The van der Waals surface area contributed by atoms with E-state index in [-0.39, 0.29) is 11.7 Å². The Morgan fingerprint density at radius 3 is 2.71 bits per heavy atom. The second-order valence-electron chi connectivity index (χ2n) is 4.50. The molecular weight excluding hydrogens is 236 g/mol. The van der Waals surface area contributed by atoms with Crippen LogP contribution in [0.15, 0.2) is 4.52 Å². The zero-order chi connectivity index (χ0) is 12.8. The van der Waals surface area contributed by atoms with Crippen molar-refractivity contribution in [3.8, 4) is 0 Å². The molecule has 0 amide bonds. The van der Waals surface area contributed by atoms with Crippen molar-refractivity contribution < 1.29 is 9.32 Å². The van der Waals surface area contributed by atoms with Gasteiger partial charge in [0, 0.05) is 6.42 Å². The summed E-state index contributed by atoms with van der Waals surface area (Å²) in [5.41, 5.74) is 0. The Bertz CT molecular complexity index is 363. The van der Waals surface area contributed by atoms with E-state index >= 15 is 0 Å². The Morgan fingerprint density at radius 2 is 2.12 bits per heavy atom. The molecule has 0 radical (unpaired) electrons. The first-order valence-electron chi connectivity index (χ1n) is 5.97. The van der Waals surface area contributed by atoms with E-state index in [4.69, 9.17) is 4.52 Å². The number of Topliss-reactive ketones (excluding diaryl/α,β-unsaturated/α-hetero) is 1.